The van der Waals surface area contributed by atoms with E-state index in [-0.39, 0.29) is 16.7 Å². The van der Waals surface area contributed by atoms with Crippen molar-refractivity contribution in [3.8, 4) is 0 Å². The molecule has 0 aliphatic carbocycles. The lowest BCUT2D eigenvalue weighted by Crippen LogP contribution is -2.13. The topological polar surface area (TPSA) is 46.2 Å². The third-order valence-electron chi connectivity index (χ3n) is 2.67. The third kappa shape index (κ3) is 6.57. The Bertz CT molecular complexity index is 533. The third-order valence-corrected chi connectivity index (χ3v) is 3.51. The molecule has 1 aromatic rings. The van der Waals surface area contributed by atoms with Crippen molar-refractivity contribution < 1.29 is 12.8 Å². The first-order valence-electron chi connectivity index (χ1n) is 6.27. The molecule has 0 aliphatic heterocycles. The highest BCUT2D eigenvalue weighted by molar-refractivity contribution is 7.89. The lowest BCUT2D eigenvalue weighted by molar-refractivity contribution is 0.390. The van der Waals surface area contributed by atoms with Crippen LogP contribution in [-0.2, 0) is 15.6 Å². The Morgan fingerprint density at radius 1 is 1.26 bits per heavy atom. The van der Waals surface area contributed by atoms with Crippen LogP contribution in [0, 0.1) is 11.2 Å². The molecule has 19 heavy (non-hydrogen) atoms. The summed E-state index contributed by atoms with van der Waals surface area (Å²) in [5, 5.41) is 3.14. The molecule has 3 nitrogen and oxygen atoms in total. The van der Waals surface area contributed by atoms with Crippen LogP contribution >= 0.6 is 0 Å². The Morgan fingerprint density at radius 2 is 1.89 bits per heavy atom. The summed E-state index contributed by atoms with van der Waals surface area (Å²) in [4.78, 5) is 0. The highest BCUT2D eigenvalue weighted by atomic mass is 32.2. The minimum absolute atomic E-state index is 0.212. The van der Waals surface area contributed by atoms with Gasteiger partial charge in [-0.1, -0.05) is 26.8 Å². The zero-order chi connectivity index (χ0) is 14.7. The van der Waals surface area contributed by atoms with Crippen LogP contribution in [0.4, 0.5) is 10.1 Å². The maximum absolute atomic E-state index is 13.7. The predicted molar refractivity (Wildman–Crippen MR) is 77.5 cm³/mol. The smallest absolute Gasteiger partial charge is 0.151 e. The summed E-state index contributed by atoms with van der Waals surface area (Å²) < 4.78 is 36.0. The van der Waals surface area contributed by atoms with E-state index in [2.05, 4.69) is 26.1 Å². The Balaban J connectivity index is 2.67. The van der Waals surface area contributed by atoms with Gasteiger partial charge in [0.15, 0.2) is 9.84 Å². The van der Waals surface area contributed by atoms with E-state index in [9.17, 15) is 12.8 Å². The monoisotopic (exact) mass is 287 g/mol. The number of sulfone groups is 1. The van der Waals surface area contributed by atoms with Crippen molar-refractivity contribution in [2.24, 2.45) is 5.41 Å². The van der Waals surface area contributed by atoms with Gasteiger partial charge in [-0.3, -0.25) is 0 Å². The van der Waals surface area contributed by atoms with E-state index >= 15 is 0 Å². The van der Waals surface area contributed by atoms with Crippen molar-refractivity contribution in [2.45, 2.75) is 32.9 Å². The highest BCUT2D eigenvalue weighted by Crippen LogP contribution is 2.20. The van der Waals surface area contributed by atoms with Gasteiger partial charge < -0.3 is 5.32 Å². The van der Waals surface area contributed by atoms with Crippen molar-refractivity contribution >= 4 is 15.5 Å². The van der Waals surface area contributed by atoms with Crippen LogP contribution in [0.2, 0.25) is 0 Å². The van der Waals surface area contributed by atoms with Gasteiger partial charge in [0.25, 0.3) is 0 Å². The predicted octanol–water partition coefficient (Wildman–Crippen LogP) is 3.22. The fourth-order valence-corrected chi connectivity index (χ4v) is 2.44. The molecule has 1 rings (SSSR count). The first-order chi connectivity index (χ1) is 8.57. The summed E-state index contributed by atoms with van der Waals surface area (Å²) >= 11 is 0. The summed E-state index contributed by atoms with van der Waals surface area (Å²) in [6, 6.07) is 4.59. The molecule has 0 spiro atoms. The van der Waals surface area contributed by atoms with Gasteiger partial charge in [-0.15, -0.1) is 0 Å². The maximum Gasteiger partial charge on any atom is 0.151 e. The number of nitrogens with one attached hydrogen (secondary N) is 1. The van der Waals surface area contributed by atoms with Gasteiger partial charge in [0.1, 0.15) is 5.82 Å². The van der Waals surface area contributed by atoms with E-state index < -0.39 is 15.7 Å². The highest BCUT2D eigenvalue weighted by Gasteiger charge is 2.11. The maximum atomic E-state index is 13.7. The zero-order valence-corrected chi connectivity index (χ0v) is 12.8. The van der Waals surface area contributed by atoms with Crippen LogP contribution in [0.5, 0.6) is 0 Å². The number of benzene rings is 1. The second kappa shape index (κ2) is 5.90. The average molecular weight is 287 g/mol. The molecule has 0 atom stereocenters. The molecule has 0 bridgehead atoms. The Labute approximate surface area is 115 Å². The second-order valence-electron chi connectivity index (χ2n) is 6.11. The van der Waals surface area contributed by atoms with Crippen molar-refractivity contribution in [1.82, 2.24) is 0 Å². The van der Waals surface area contributed by atoms with E-state index in [1.54, 1.807) is 6.07 Å². The summed E-state index contributed by atoms with van der Waals surface area (Å²) in [6.07, 6.45) is 2.07. The van der Waals surface area contributed by atoms with Crippen molar-refractivity contribution in [1.29, 1.82) is 0 Å². The molecule has 0 radical (unpaired) electrons. The van der Waals surface area contributed by atoms with E-state index in [1.807, 2.05) is 0 Å². The number of rotatable bonds is 5. The fourth-order valence-electron chi connectivity index (χ4n) is 1.64. The van der Waals surface area contributed by atoms with Gasteiger partial charge in [-0.2, -0.15) is 0 Å². The molecule has 0 unspecified atom stereocenters. The van der Waals surface area contributed by atoms with Crippen LogP contribution < -0.4 is 5.32 Å². The second-order valence-corrected chi connectivity index (χ2v) is 8.25. The van der Waals surface area contributed by atoms with Crippen molar-refractivity contribution in [2.75, 3.05) is 18.1 Å². The summed E-state index contributed by atoms with van der Waals surface area (Å²) in [7, 11) is -3.21. The zero-order valence-electron chi connectivity index (χ0n) is 12.0. The normalized spacial score (nSPS) is 12.5. The SMILES string of the molecule is CC(C)(C)CCNc1ccc(CS(C)(=O)=O)c(F)c1. The molecular formula is C14H22FNO2S. The van der Waals surface area contributed by atoms with Gasteiger partial charge in [0.05, 0.1) is 5.75 Å². The first kappa shape index (κ1) is 16.0. The Morgan fingerprint density at radius 3 is 2.37 bits per heavy atom. The van der Waals surface area contributed by atoms with E-state index in [0.717, 1.165) is 19.2 Å². The molecule has 0 amide bonds. The summed E-state index contributed by atoms with van der Waals surface area (Å²) in [5.41, 5.74) is 1.12. The van der Waals surface area contributed by atoms with E-state index in [0.29, 0.717) is 5.69 Å². The molecule has 0 saturated heterocycles. The summed E-state index contributed by atoms with van der Waals surface area (Å²) in [6.45, 7) is 7.19. The largest absolute Gasteiger partial charge is 0.385 e. The first-order valence-corrected chi connectivity index (χ1v) is 8.33. The molecule has 108 valence electrons. The Kier molecular flexibility index (Phi) is 4.96. The van der Waals surface area contributed by atoms with Gasteiger partial charge in [-0.25, -0.2) is 12.8 Å². The van der Waals surface area contributed by atoms with Gasteiger partial charge in [0, 0.05) is 24.1 Å². The van der Waals surface area contributed by atoms with E-state index in [1.165, 1.54) is 12.1 Å². The van der Waals surface area contributed by atoms with Crippen LogP contribution in [0.3, 0.4) is 0 Å². The minimum atomic E-state index is -3.21. The van der Waals surface area contributed by atoms with Crippen LogP contribution in [-0.4, -0.2) is 21.2 Å². The number of anilines is 1. The number of hydrogen-bond acceptors (Lipinski definition) is 3. The lowest BCUT2D eigenvalue weighted by Gasteiger charge is -2.18. The van der Waals surface area contributed by atoms with Crippen molar-refractivity contribution in [3.63, 3.8) is 0 Å². The average Bonchev–Trinajstić information content (AvgIpc) is 2.18. The molecule has 0 heterocycles. The van der Waals surface area contributed by atoms with Gasteiger partial charge in [-0.05, 0) is 24.0 Å². The number of hydrogen-bond donors (Lipinski definition) is 1. The number of halogens is 1. The molecule has 1 aromatic carbocycles. The van der Waals surface area contributed by atoms with Gasteiger partial charge >= 0.3 is 0 Å². The Hall–Kier alpha value is -1.10. The van der Waals surface area contributed by atoms with Crippen LogP contribution in [0.25, 0.3) is 0 Å². The summed E-state index contributed by atoms with van der Waals surface area (Å²) in [5.74, 6) is -0.743. The van der Waals surface area contributed by atoms with Gasteiger partial charge in [0.2, 0.25) is 0 Å². The molecule has 5 heteroatoms. The fraction of sp³-hybridized carbons (Fsp3) is 0.571. The van der Waals surface area contributed by atoms with Crippen LogP contribution in [0.15, 0.2) is 18.2 Å². The molecule has 0 aliphatic rings. The minimum Gasteiger partial charge on any atom is -0.385 e. The quantitative estimate of drug-likeness (QED) is 0.904. The molecule has 0 aromatic heterocycles. The molecule has 0 saturated carbocycles. The van der Waals surface area contributed by atoms with Crippen LogP contribution in [0.1, 0.15) is 32.8 Å². The molecular weight excluding hydrogens is 265 g/mol. The molecule has 0 fully saturated rings. The standard InChI is InChI=1S/C14H22FNO2S/c1-14(2,3)7-8-16-12-6-5-11(13(15)9-12)10-19(4,17)18/h5-6,9,16H,7-8,10H2,1-4H3. The van der Waals surface area contributed by atoms with E-state index in [4.69, 9.17) is 0 Å². The molecule has 1 N–H and O–H groups in total. The lowest BCUT2D eigenvalue weighted by atomic mass is 9.92. The van der Waals surface area contributed by atoms with Crippen molar-refractivity contribution in [3.05, 3.63) is 29.6 Å².